The van der Waals surface area contributed by atoms with Gasteiger partial charge in [0.05, 0.1) is 138 Å². The number of ether oxygens (including phenoxy) is 23. The fourth-order valence-corrected chi connectivity index (χ4v) is 12.8. The monoisotopic (exact) mass is 1830 g/mol. The quantitative estimate of drug-likeness (QED) is 0.0166. The van der Waals surface area contributed by atoms with Crippen LogP contribution < -0.4 is 37.2 Å². The summed E-state index contributed by atoms with van der Waals surface area (Å²) in [4.78, 5) is 209. The third-order valence-corrected chi connectivity index (χ3v) is 18.0. The number of carboxylic acid groups (broad SMARTS) is 1. The second kappa shape index (κ2) is 64.2. The molecule has 1 aliphatic carbocycles. The van der Waals surface area contributed by atoms with Crippen LogP contribution in [-0.2, 0) is 190 Å². The van der Waals surface area contributed by atoms with Crippen LogP contribution in [0.2, 0.25) is 0 Å². The van der Waals surface area contributed by atoms with Crippen LogP contribution in [0.4, 0.5) is 0 Å². The fourth-order valence-electron chi connectivity index (χ4n) is 12.8. The smallest absolute Gasteiger partial charge is 0.326 e. The molecule has 3 aliphatic rings. The molecule has 7 amide bonds. The number of aliphatic carboxylic acids is 1. The number of rotatable bonds is 65. The van der Waals surface area contributed by atoms with Crippen molar-refractivity contribution in [3.63, 3.8) is 0 Å². The van der Waals surface area contributed by atoms with E-state index in [0.717, 1.165) is 48.5 Å². The lowest BCUT2D eigenvalue weighted by atomic mass is 9.79. The summed E-state index contributed by atoms with van der Waals surface area (Å²) < 4.78 is 128. The van der Waals surface area contributed by atoms with Gasteiger partial charge in [0, 0.05) is 102 Å². The highest BCUT2D eigenvalue weighted by Crippen LogP contribution is 2.34. The van der Waals surface area contributed by atoms with Gasteiger partial charge in [-0.1, -0.05) is 0 Å². The lowest BCUT2D eigenvalue weighted by Crippen LogP contribution is -2.66. The predicted molar refractivity (Wildman–Crippen MR) is 426 cm³/mol. The van der Waals surface area contributed by atoms with Gasteiger partial charge in [-0.15, -0.1) is 0 Å². The number of hydrogen-bond donors (Lipinski definition) is 8. The Morgan fingerprint density at radius 1 is 0.323 bits per heavy atom. The van der Waals surface area contributed by atoms with Gasteiger partial charge < -0.3 is 151 Å². The number of hydrogen-bond acceptors (Lipinski definition) is 40. The Bertz CT molecular complexity index is 3430. The highest BCUT2D eigenvalue weighted by molar-refractivity contribution is 5.91. The normalized spacial score (nSPS) is 22.3. The van der Waals surface area contributed by atoms with Crippen molar-refractivity contribution < 1.29 is 196 Å². The van der Waals surface area contributed by atoms with Crippen molar-refractivity contribution in [2.24, 2.45) is 5.92 Å². The zero-order valence-electron chi connectivity index (χ0n) is 73.9. The first-order valence-corrected chi connectivity index (χ1v) is 41.4. The van der Waals surface area contributed by atoms with E-state index < -0.39 is 225 Å². The number of esters is 9. The molecule has 3 rings (SSSR count). The molecule has 2 saturated heterocycles. The van der Waals surface area contributed by atoms with Crippen LogP contribution in [0, 0.1) is 5.92 Å². The van der Waals surface area contributed by atoms with Crippen LogP contribution in [0.5, 0.6) is 0 Å². The Morgan fingerprint density at radius 2 is 0.630 bits per heavy atom. The maximum atomic E-state index is 13.8. The van der Waals surface area contributed by atoms with Crippen LogP contribution >= 0.6 is 0 Å². The molecule has 1 saturated carbocycles. The molecule has 0 aromatic carbocycles. The SMILES string of the molecule is CC(=O)N[C@@H]1[C@@H](OC(C)=O)[C@@H](OC(C)=O)[C@@H](COC(C)=O)C[C@H]1OCCOCCOCCOCC(=O)NCCCC[C@H](NC(=O)COCCOCCOCCO[C@@H]1O[C@H](COC(C)=O)[C@H](OC(C)=O)[C@H](OC(C)=O)[C@H]1NC(C)=O)C(=O)N[C@@H](CCCCNC(=O)COCCOCCOCCO[C@@H]1O[C@H](COC(C)=O)[C@H](OC(C)=O)[C@H](OC(C)=O)[C@H]1NC(C)=O)C(=O)O. The first-order chi connectivity index (χ1) is 60.5. The van der Waals surface area contributed by atoms with Gasteiger partial charge in [-0.25, -0.2) is 4.79 Å². The average Bonchev–Trinajstić information content (AvgIpc) is 0.794. The van der Waals surface area contributed by atoms with Crippen molar-refractivity contribution in [1.82, 2.24) is 37.2 Å². The third kappa shape index (κ3) is 49.5. The molecule has 3 fully saturated rings. The summed E-state index contributed by atoms with van der Waals surface area (Å²) in [7, 11) is 0. The Balaban J connectivity index is 1.47. The summed E-state index contributed by atoms with van der Waals surface area (Å²) >= 11 is 0. The van der Waals surface area contributed by atoms with Crippen molar-refractivity contribution in [2.75, 3.05) is 172 Å². The van der Waals surface area contributed by atoms with Gasteiger partial charge in [0.15, 0.2) is 43.1 Å². The van der Waals surface area contributed by atoms with E-state index in [1.807, 2.05) is 0 Å². The molecule has 724 valence electrons. The lowest BCUT2D eigenvalue weighted by molar-refractivity contribution is -0.279. The van der Waals surface area contributed by atoms with Crippen LogP contribution in [0.1, 0.15) is 128 Å². The number of amides is 7. The maximum absolute atomic E-state index is 13.8. The number of carboxylic acids is 1. The van der Waals surface area contributed by atoms with E-state index >= 15 is 0 Å². The second-order valence-corrected chi connectivity index (χ2v) is 28.8. The molecule has 127 heavy (non-hydrogen) atoms. The van der Waals surface area contributed by atoms with Crippen molar-refractivity contribution in [2.45, 2.75) is 226 Å². The highest BCUT2D eigenvalue weighted by atomic mass is 16.7. The van der Waals surface area contributed by atoms with Crippen molar-refractivity contribution in [1.29, 1.82) is 0 Å². The van der Waals surface area contributed by atoms with Crippen molar-refractivity contribution in [3.05, 3.63) is 0 Å². The Morgan fingerprint density at radius 3 is 0.984 bits per heavy atom. The molecule has 2 aliphatic heterocycles. The van der Waals surface area contributed by atoms with Crippen LogP contribution in [0.15, 0.2) is 0 Å². The Hall–Kier alpha value is -9.57. The van der Waals surface area contributed by atoms with Gasteiger partial charge >= 0.3 is 59.7 Å². The highest BCUT2D eigenvalue weighted by Gasteiger charge is 2.54. The van der Waals surface area contributed by atoms with Gasteiger partial charge in [-0.2, -0.15) is 0 Å². The first kappa shape index (κ1) is 112. The molecular formula is C79H127N7O41. The Kier molecular flexibility index (Phi) is 56.4. The third-order valence-electron chi connectivity index (χ3n) is 18.0. The molecule has 0 bridgehead atoms. The van der Waals surface area contributed by atoms with Gasteiger partial charge in [0.1, 0.15) is 75.5 Å². The largest absolute Gasteiger partial charge is 0.480 e. The summed E-state index contributed by atoms with van der Waals surface area (Å²) in [5.74, 6) is -12.5. The molecule has 2 heterocycles. The molecule has 0 aromatic heterocycles. The molecule has 0 aromatic rings. The molecule has 17 atom stereocenters. The van der Waals surface area contributed by atoms with Gasteiger partial charge in [0.2, 0.25) is 41.4 Å². The van der Waals surface area contributed by atoms with Crippen LogP contribution in [-0.4, -0.2) is 376 Å². The van der Waals surface area contributed by atoms with Crippen molar-refractivity contribution in [3.8, 4) is 0 Å². The fraction of sp³-hybridized carbons (Fsp3) is 0.785. The number of unbranched alkanes of at least 4 members (excludes halogenated alkanes) is 2. The standard InChI is InChI=1S/C79H127N7O41/c1-46(87)82-67-61(39-58(40-117-49(4)90)70(120-52(7)93)73(67)123-55(10)96)114-36-33-108-24-21-105-27-30-111-43-64(99)80-19-15-13-17-59(85-66(101)45-113-32-29-107-23-26-110-35-38-116-79-69(84-48(3)89)75(125-57(12)98)72(122-54(9)95)63(127-79)42-119-51(6)92)76(102)86-60(77(103)104)18-14-16-20-81-65(100)44-112-31-28-106-22-25-109-34-37-115-78-68(83-47(2)88)74(124-56(11)97)71(121-53(8)94)62(126-78)41-118-50(5)91/h58-63,67-75,78-79H,13-45H2,1-12H3,(H,80,99)(H,81,100)(H,82,87)(H,83,88)(H,84,89)(H,85,101)(H,86,102)(H,103,104)/t58-,59+,60+,61-,62-,63-,67+,68-,69-,70+,71+,72+,73-,74-,75-,78-,79-/m1/s1. The van der Waals surface area contributed by atoms with E-state index in [0.29, 0.717) is 12.8 Å². The zero-order chi connectivity index (χ0) is 94.2. The molecule has 0 spiro atoms. The number of nitrogens with one attached hydrogen (secondary N) is 7. The molecule has 0 radical (unpaired) electrons. The van der Waals surface area contributed by atoms with Gasteiger partial charge in [0.25, 0.3) is 0 Å². The molecule has 0 unspecified atom stereocenters. The number of carbonyl (C=O) groups is 17. The number of carbonyl (C=O) groups excluding carboxylic acids is 16. The van der Waals surface area contributed by atoms with E-state index in [4.69, 9.17) is 109 Å². The van der Waals surface area contributed by atoms with Gasteiger partial charge in [-0.3, -0.25) is 76.7 Å². The summed E-state index contributed by atoms with van der Waals surface area (Å²) in [5.41, 5.74) is 0. The Labute approximate surface area is 734 Å². The van der Waals surface area contributed by atoms with Crippen LogP contribution in [0.3, 0.4) is 0 Å². The topological polar surface area (TPSA) is 607 Å². The van der Waals surface area contributed by atoms with E-state index in [-0.39, 0.29) is 184 Å². The van der Waals surface area contributed by atoms with E-state index in [1.54, 1.807) is 0 Å². The molecule has 48 heteroatoms. The summed E-state index contributed by atoms with van der Waals surface area (Å²) in [6, 6.07) is -5.98. The summed E-state index contributed by atoms with van der Waals surface area (Å²) in [6.45, 7) is 12.4. The van der Waals surface area contributed by atoms with Crippen LogP contribution in [0.25, 0.3) is 0 Å². The lowest BCUT2D eigenvalue weighted by Gasteiger charge is -2.45. The molecule has 48 nitrogen and oxygen atoms in total. The van der Waals surface area contributed by atoms with Gasteiger partial charge in [-0.05, 0) is 44.9 Å². The summed E-state index contributed by atoms with van der Waals surface area (Å²) in [6.07, 6.45) is -12.1. The maximum Gasteiger partial charge on any atom is 0.326 e. The van der Waals surface area contributed by atoms with E-state index in [9.17, 15) is 86.6 Å². The van der Waals surface area contributed by atoms with E-state index in [2.05, 4.69) is 37.2 Å². The van der Waals surface area contributed by atoms with E-state index in [1.165, 1.54) is 34.6 Å². The average molecular weight is 1830 g/mol. The predicted octanol–water partition coefficient (Wildman–Crippen LogP) is -3.56. The first-order valence-electron chi connectivity index (χ1n) is 41.4. The minimum atomic E-state index is -1.42. The summed E-state index contributed by atoms with van der Waals surface area (Å²) in [5, 5.41) is 28.5. The minimum absolute atomic E-state index is 0.00229. The molecule has 8 N–H and O–H groups in total. The minimum Gasteiger partial charge on any atom is -0.480 e. The zero-order valence-corrected chi connectivity index (χ0v) is 73.9. The molecular weight excluding hydrogens is 1700 g/mol. The van der Waals surface area contributed by atoms with Crippen molar-refractivity contribution >= 4 is 101 Å². The second-order valence-electron chi connectivity index (χ2n) is 28.8.